The van der Waals surface area contributed by atoms with Gasteiger partial charge in [-0.05, 0) is 31.4 Å². The summed E-state index contributed by atoms with van der Waals surface area (Å²) in [6.45, 7) is 4.98. The summed E-state index contributed by atoms with van der Waals surface area (Å²) in [4.78, 5) is 1.29. The minimum absolute atomic E-state index is 0.799. The van der Waals surface area contributed by atoms with Gasteiger partial charge >= 0.3 is 0 Å². The standard InChI is InChI=1S/C17H19N3S/c1-12-15(13(2)20(3)19-12)11-18-16-8-5-4-7-14(16)17-9-6-10-21-17/h4-10,18H,11H2,1-3H3. The molecule has 0 spiro atoms. The van der Waals surface area contributed by atoms with Crippen molar-refractivity contribution >= 4 is 17.0 Å². The SMILES string of the molecule is Cc1nn(C)c(C)c1CNc1ccccc1-c1cccs1. The van der Waals surface area contributed by atoms with Gasteiger partial charge in [0.25, 0.3) is 0 Å². The highest BCUT2D eigenvalue weighted by Gasteiger charge is 2.10. The number of aromatic nitrogens is 2. The molecule has 0 saturated carbocycles. The van der Waals surface area contributed by atoms with E-state index in [0.717, 1.165) is 12.2 Å². The maximum atomic E-state index is 4.47. The van der Waals surface area contributed by atoms with Crippen LogP contribution in [0.25, 0.3) is 10.4 Å². The van der Waals surface area contributed by atoms with Gasteiger partial charge in [0.1, 0.15) is 0 Å². The third-order valence-electron chi connectivity index (χ3n) is 3.83. The molecule has 0 unspecified atom stereocenters. The van der Waals surface area contributed by atoms with E-state index in [9.17, 15) is 0 Å². The number of anilines is 1. The van der Waals surface area contributed by atoms with E-state index in [0.29, 0.717) is 0 Å². The Balaban J connectivity index is 1.86. The largest absolute Gasteiger partial charge is 0.380 e. The minimum Gasteiger partial charge on any atom is -0.380 e. The van der Waals surface area contributed by atoms with Gasteiger partial charge < -0.3 is 5.32 Å². The fourth-order valence-corrected chi connectivity index (χ4v) is 3.31. The van der Waals surface area contributed by atoms with E-state index in [1.165, 1.54) is 27.4 Å². The number of aryl methyl sites for hydroxylation is 2. The monoisotopic (exact) mass is 297 g/mol. The highest BCUT2D eigenvalue weighted by atomic mass is 32.1. The second kappa shape index (κ2) is 5.74. The van der Waals surface area contributed by atoms with E-state index in [4.69, 9.17) is 0 Å². The minimum atomic E-state index is 0.799. The quantitative estimate of drug-likeness (QED) is 0.774. The van der Waals surface area contributed by atoms with Crippen molar-refractivity contribution in [2.75, 3.05) is 5.32 Å². The second-order valence-electron chi connectivity index (χ2n) is 5.15. The summed E-state index contributed by atoms with van der Waals surface area (Å²) in [5.41, 5.74) is 6.01. The van der Waals surface area contributed by atoms with Crippen LogP contribution >= 0.6 is 11.3 Å². The summed E-state index contributed by atoms with van der Waals surface area (Å²) in [7, 11) is 1.99. The molecule has 0 fully saturated rings. The van der Waals surface area contributed by atoms with Gasteiger partial charge in [0.2, 0.25) is 0 Å². The fraction of sp³-hybridized carbons (Fsp3) is 0.235. The van der Waals surface area contributed by atoms with Gasteiger partial charge in [-0.2, -0.15) is 5.10 Å². The Bertz CT molecular complexity index is 741. The Labute approximate surface area is 129 Å². The van der Waals surface area contributed by atoms with Crippen molar-refractivity contribution in [2.45, 2.75) is 20.4 Å². The molecule has 3 nitrogen and oxygen atoms in total. The molecule has 3 rings (SSSR count). The van der Waals surface area contributed by atoms with Crippen molar-refractivity contribution in [2.24, 2.45) is 7.05 Å². The Morgan fingerprint density at radius 1 is 1.14 bits per heavy atom. The molecule has 21 heavy (non-hydrogen) atoms. The van der Waals surface area contributed by atoms with Crippen molar-refractivity contribution in [3.8, 4) is 10.4 Å². The molecule has 0 aliphatic rings. The van der Waals surface area contributed by atoms with Crippen LogP contribution in [0, 0.1) is 13.8 Å². The number of nitrogens with zero attached hydrogens (tertiary/aromatic N) is 2. The third kappa shape index (κ3) is 2.72. The van der Waals surface area contributed by atoms with Gasteiger partial charge in [-0.25, -0.2) is 0 Å². The topological polar surface area (TPSA) is 29.9 Å². The van der Waals surface area contributed by atoms with Crippen LogP contribution in [0.3, 0.4) is 0 Å². The zero-order valence-corrected chi connectivity index (χ0v) is 13.4. The Morgan fingerprint density at radius 2 is 1.95 bits per heavy atom. The van der Waals surface area contributed by atoms with Crippen LogP contribution in [0.15, 0.2) is 41.8 Å². The maximum absolute atomic E-state index is 4.47. The lowest BCUT2D eigenvalue weighted by molar-refractivity contribution is 0.730. The molecule has 4 heteroatoms. The zero-order chi connectivity index (χ0) is 14.8. The Kier molecular flexibility index (Phi) is 3.80. The van der Waals surface area contributed by atoms with Gasteiger partial charge in [-0.1, -0.05) is 24.3 Å². The molecule has 0 aliphatic heterocycles. The number of thiophene rings is 1. The number of hydrogen-bond donors (Lipinski definition) is 1. The number of benzene rings is 1. The summed E-state index contributed by atoms with van der Waals surface area (Å²) in [5, 5.41) is 10.2. The number of para-hydroxylation sites is 1. The first-order chi connectivity index (χ1) is 10.2. The van der Waals surface area contributed by atoms with Gasteiger partial charge in [0.05, 0.1) is 5.69 Å². The molecule has 0 atom stereocenters. The van der Waals surface area contributed by atoms with Crippen molar-refractivity contribution < 1.29 is 0 Å². The van der Waals surface area contributed by atoms with E-state index in [1.54, 1.807) is 11.3 Å². The average molecular weight is 297 g/mol. The molecule has 0 radical (unpaired) electrons. The first-order valence-electron chi connectivity index (χ1n) is 7.02. The van der Waals surface area contributed by atoms with E-state index in [-0.39, 0.29) is 0 Å². The molecular formula is C17H19N3S. The lowest BCUT2D eigenvalue weighted by Crippen LogP contribution is -2.03. The summed E-state index contributed by atoms with van der Waals surface area (Å²) >= 11 is 1.77. The lowest BCUT2D eigenvalue weighted by Gasteiger charge is -2.11. The predicted octanol–water partition coefficient (Wildman–Crippen LogP) is 4.38. The summed E-state index contributed by atoms with van der Waals surface area (Å²) in [5.74, 6) is 0. The van der Waals surface area contributed by atoms with Gasteiger partial charge in [-0.15, -0.1) is 11.3 Å². The first-order valence-corrected chi connectivity index (χ1v) is 7.90. The van der Waals surface area contributed by atoms with Crippen LogP contribution in [0.2, 0.25) is 0 Å². The summed E-state index contributed by atoms with van der Waals surface area (Å²) < 4.78 is 1.94. The van der Waals surface area contributed by atoms with Crippen molar-refractivity contribution in [1.29, 1.82) is 0 Å². The van der Waals surface area contributed by atoms with Gasteiger partial charge in [-0.3, -0.25) is 4.68 Å². The molecule has 0 aliphatic carbocycles. The first kappa shape index (κ1) is 13.9. The smallest absolute Gasteiger partial charge is 0.0646 e. The lowest BCUT2D eigenvalue weighted by atomic mass is 10.1. The van der Waals surface area contributed by atoms with E-state index < -0.39 is 0 Å². The highest BCUT2D eigenvalue weighted by molar-refractivity contribution is 7.13. The van der Waals surface area contributed by atoms with Gasteiger partial charge in [0.15, 0.2) is 0 Å². The molecule has 3 aromatic rings. The van der Waals surface area contributed by atoms with Gasteiger partial charge in [0, 0.05) is 41.0 Å². The maximum Gasteiger partial charge on any atom is 0.0646 e. The highest BCUT2D eigenvalue weighted by Crippen LogP contribution is 2.31. The molecular weight excluding hydrogens is 278 g/mol. The van der Waals surface area contributed by atoms with Crippen molar-refractivity contribution in [3.63, 3.8) is 0 Å². The third-order valence-corrected chi connectivity index (χ3v) is 4.73. The molecule has 1 N–H and O–H groups in total. The van der Waals surface area contributed by atoms with Crippen LogP contribution in [0.1, 0.15) is 17.0 Å². The summed E-state index contributed by atoms with van der Waals surface area (Å²) in [6.07, 6.45) is 0. The van der Waals surface area contributed by atoms with E-state index in [2.05, 4.69) is 66.0 Å². The zero-order valence-electron chi connectivity index (χ0n) is 12.6. The number of nitrogens with one attached hydrogen (secondary N) is 1. The number of rotatable bonds is 4. The predicted molar refractivity (Wildman–Crippen MR) is 89.8 cm³/mol. The molecule has 2 heterocycles. The molecule has 0 saturated heterocycles. The average Bonchev–Trinajstić information content (AvgIpc) is 3.08. The number of hydrogen-bond acceptors (Lipinski definition) is 3. The van der Waals surface area contributed by atoms with Crippen LogP contribution in [-0.4, -0.2) is 9.78 Å². The van der Waals surface area contributed by atoms with Crippen molar-refractivity contribution in [3.05, 3.63) is 58.7 Å². The Morgan fingerprint density at radius 3 is 2.62 bits per heavy atom. The Hall–Kier alpha value is -2.07. The molecule has 1 aromatic carbocycles. The molecule has 108 valence electrons. The van der Waals surface area contributed by atoms with Crippen LogP contribution in [0.4, 0.5) is 5.69 Å². The fourth-order valence-electron chi connectivity index (χ4n) is 2.54. The van der Waals surface area contributed by atoms with E-state index in [1.807, 2.05) is 11.7 Å². The molecule has 2 aromatic heterocycles. The van der Waals surface area contributed by atoms with Crippen LogP contribution < -0.4 is 5.32 Å². The van der Waals surface area contributed by atoms with Crippen molar-refractivity contribution in [1.82, 2.24) is 9.78 Å². The molecule has 0 bridgehead atoms. The second-order valence-corrected chi connectivity index (χ2v) is 6.10. The summed E-state index contributed by atoms with van der Waals surface area (Å²) in [6, 6.07) is 12.7. The normalized spacial score (nSPS) is 10.8. The van der Waals surface area contributed by atoms with E-state index >= 15 is 0 Å². The van der Waals surface area contributed by atoms with Crippen LogP contribution in [-0.2, 0) is 13.6 Å². The molecule has 0 amide bonds. The van der Waals surface area contributed by atoms with Crippen LogP contribution in [0.5, 0.6) is 0 Å².